The molecule has 1 rings (SSSR count). The van der Waals surface area contributed by atoms with Gasteiger partial charge in [-0.2, -0.15) is 0 Å². The van der Waals surface area contributed by atoms with E-state index in [1.165, 1.54) is 5.56 Å². The Hall–Kier alpha value is -0.930. The summed E-state index contributed by atoms with van der Waals surface area (Å²) in [5, 5.41) is 6.59. The lowest BCUT2D eigenvalue weighted by molar-refractivity contribution is 0.624. The van der Waals surface area contributed by atoms with E-state index < -0.39 is 0 Å². The Labute approximate surface area is 79.6 Å². The molecule has 0 atom stereocenters. The van der Waals surface area contributed by atoms with Crippen molar-refractivity contribution in [2.24, 2.45) is 0 Å². The molecular weight excluding hydrogens is 162 g/mol. The summed E-state index contributed by atoms with van der Waals surface area (Å²) in [5.41, 5.74) is 1.24. The average Bonchev–Trinajstić information content (AvgIpc) is 2.19. The van der Waals surface area contributed by atoms with Crippen LogP contribution in [-0.2, 0) is 6.54 Å². The average molecular weight is 179 g/mol. The van der Waals surface area contributed by atoms with Gasteiger partial charge in [0.05, 0.1) is 0 Å². The van der Waals surface area contributed by atoms with E-state index in [1.54, 1.807) is 6.20 Å². The summed E-state index contributed by atoms with van der Waals surface area (Å²) in [6, 6.07) is 4.04. The summed E-state index contributed by atoms with van der Waals surface area (Å²) in [6.07, 6.45) is 3.68. The summed E-state index contributed by atoms with van der Waals surface area (Å²) >= 11 is 0. The van der Waals surface area contributed by atoms with Crippen molar-refractivity contribution in [2.45, 2.75) is 13.5 Å². The third-order valence-corrected chi connectivity index (χ3v) is 1.78. The molecule has 72 valence electrons. The molecule has 1 aromatic heterocycles. The number of likely N-dealkylation sites (N-methyl/N-ethyl adjacent to an activating group) is 1. The Kier molecular flexibility index (Phi) is 5.13. The van der Waals surface area contributed by atoms with Crippen molar-refractivity contribution in [2.75, 3.05) is 19.6 Å². The molecule has 0 amide bonds. The first kappa shape index (κ1) is 10.2. The molecule has 13 heavy (non-hydrogen) atoms. The van der Waals surface area contributed by atoms with Gasteiger partial charge in [0.1, 0.15) is 0 Å². The van der Waals surface area contributed by atoms with Gasteiger partial charge < -0.3 is 10.6 Å². The smallest absolute Gasteiger partial charge is 0.0312 e. The number of rotatable bonds is 6. The molecule has 0 aromatic carbocycles. The highest BCUT2D eigenvalue weighted by Gasteiger charge is 1.89. The van der Waals surface area contributed by atoms with E-state index in [0.717, 1.165) is 26.2 Å². The van der Waals surface area contributed by atoms with Crippen molar-refractivity contribution in [1.82, 2.24) is 15.6 Å². The summed E-state index contributed by atoms with van der Waals surface area (Å²) in [6.45, 7) is 6.08. The number of hydrogen-bond acceptors (Lipinski definition) is 3. The number of pyridine rings is 1. The predicted octanol–water partition coefficient (Wildman–Crippen LogP) is 0.781. The van der Waals surface area contributed by atoms with Crippen molar-refractivity contribution in [1.29, 1.82) is 0 Å². The van der Waals surface area contributed by atoms with Crippen LogP contribution < -0.4 is 10.6 Å². The lowest BCUT2D eigenvalue weighted by Crippen LogP contribution is -2.26. The normalized spacial score (nSPS) is 10.2. The molecule has 0 fully saturated rings. The fourth-order valence-electron chi connectivity index (χ4n) is 1.09. The first-order valence-corrected chi connectivity index (χ1v) is 4.74. The Balaban J connectivity index is 2.07. The van der Waals surface area contributed by atoms with Crippen LogP contribution in [0.1, 0.15) is 12.5 Å². The third kappa shape index (κ3) is 4.60. The molecular formula is C10H17N3. The van der Waals surface area contributed by atoms with Crippen LogP contribution >= 0.6 is 0 Å². The quantitative estimate of drug-likeness (QED) is 0.634. The van der Waals surface area contributed by atoms with Crippen molar-refractivity contribution >= 4 is 0 Å². The number of nitrogens with zero attached hydrogens (tertiary/aromatic N) is 1. The molecule has 3 heteroatoms. The van der Waals surface area contributed by atoms with Crippen molar-refractivity contribution in [3.05, 3.63) is 30.1 Å². The molecule has 0 aliphatic rings. The van der Waals surface area contributed by atoms with Crippen LogP contribution in [0.4, 0.5) is 0 Å². The molecule has 0 bridgehead atoms. The summed E-state index contributed by atoms with van der Waals surface area (Å²) in [4.78, 5) is 4.04. The van der Waals surface area contributed by atoms with E-state index in [4.69, 9.17) is 0 Å². The van der Waals surface area contributed by atoms with Gasteiger partial charge in [0.15, 0.2) is 0 Å². The molecule has 0 spiro atoms. The van der Waals surface area contributed by atoms with Gasteiger partial charge in [-0.25, -0.2) is 0 Å². The monoisotopic (exact) mass is 179 g/mol. The minimum absolute atomic E-state index is 0.902. The van der Waals surface area contributed by atoms with Crippen molar-refractivity contribution in [3.63, 3.8) is 0 Å². The molecule has 3 nitrogen and oxygen atoms in total. The summed E-state index contributed by atoms with van der Waals surface area (Å²) in [5.74, 6) is 0. The molecule has 0 aliphatic heterocycles. The topological polar surface area (TPSA) is 37.0 Å². The van der Waals surface area contributed by atoms with Crippen LogP contribution in [0, 0.1) is 0 Å². The van der Waals surface area contributed by atoms with Crippen LogP contribution in [-0.4, -0.2) is 24.6 Å². The third-order valence-electron chi connectivity index (χ3n) is 1.78. The number of aromatic nitrogens is 1. The second-order valence-corrected chi connectivity index (χ2v) is 2.89. The second kappa shape index (κ2) is 6.57. The highest BCUT2D eigenvalue weighted by molar-refractivity contribution is 5.07. The van der Waals surface area contributed by atoms with Gasteiger partial charge in [-0.15, -0.1) is 0 Å². The largest absolute Gasteiger partial charge is 0.316 e. The molecule has 0 saturated carbocycles. The van der Waals surface area contributed by atoms with Gasteiger partial charge in [-0.05, 0) is 18.2 Å². The van der Waals surface area contributed by atoms with Crippen LogP contribution in [0.25, 0.3) is 0 Å². The number of nitrogens with one attached hydrogen (secondary N) is 2. The van der Waals surface area contributed by atoms with Gasteiger partial charge >= 0.3 is 0 Å². The van der Waals surface area contributed by atoms with Crippen molar-refractivity contribution in [3.8, 4) is 0 Å². The maximum atomic E-state index is 4.04. The van der Waals surface area contributed by atoms with E-state index in [2.05, 4.69) is 28.6 Å². The molecule has 0 radical (unpaired) electrons. The van der Waals surface area contributed by atoms with Gasteiger partial charge in [0.25, 0.3) is 0 Å². The predicted molar refractivity (Wildman–Crippen MR) is 54.5 cm³/mol. The lowest BCUT2D eigenvalue weighted by atomic mass is 10.3. The minimum Gasteiger partial charge on any atom is -0.316 e. The van der Waals surface area contributed by atoms with Crippen LogP contribution in [0.15, 0.2) is 24.5 Å². The van der Waals surface area contributed by atoms with E-state index in [9.17, 15) is 0 Å². The van der Waals surface area contributed by atoms with Crippen LogP contribution in [0.5, 0.6) is 0 Å². The zero-order chi connectivity index (χ0) is 9.36. The van der Waals surface area contributed by atoms with E-state index in [-0.39, 0.29) is 0 Å². The van der Waals surface area contributed by atoms with Gasteiger partial charge in [0, 0.05) is 32.0 Å². The molecule has 2 N–H and O–H groups in total. The SMILES string of the molecule is CCNCCNCc1cccnc1. The fraction of sp³-hybridized carbons (Fsp3) is 0.500. The molecule has 0 saturated heterocycles. The van der Waals surface area contributed by atoms with Crippen LogP contribution in [0.3, 0.4) is 0 Å². The van der Waals surface area contributed by atoms with E-state index >= 15 is 0 Å². The number of hydrogen-bond donors (Lipinski definition) is 2. The van der Waals surface area contributed by atoms with E-state index in [1.807, 2.05) is 12.3 Å². The zero-order valence-corrected chi connectivity index (χ0v) is 8.09. The molecule has 0 unspecified atom stereocenters. The first-order chi connectivity index (χ1) is 6.43. The molecule has 1 aromatic rings. The Morgan fingerprint density at radius 3 is 2.85 bits per heavy atom. The zero-order valence-electron chi connectivity index (χ0n) is 8.09. The van der Waals surface area contributed by atoms with Crippen LogP contribution in [0.2, 0.25) is 0 Å². The summed E-state index contributed by atoms with van der Waals surface area (Å²) in [7, 11) is 0. The van der Waals surface area contributed by atoms with Gasteiger partial charge in [-0.3, -0.25) is 4.98 Å². The minimum atomic E-state index is 0.902. The Morgan fingerprint density at radius 1 is 1.31 bits per heavy atom. The summed E-state index contributed by atoms with van der Waals surface area (Å²) < 4.78 is 0. The van der Waals surface area contributed by atoms with Gasteiger partial charge in [0.2, 0.25) is 0 Å². The maximum absolute atomic E-state index is 4.04. The first-order valence-electron chi connectivity index (χ1n) is 4.74. The highest BCUT2D eigenvalue weighted by Crippen LogP contribution is 1.93. The van der Waals surface area contributed by atoms with Crippen molar-refractivity contribution < 1.29 is 0 Å². The molecule has 0 aliphatic carbocycles. The Morgan fingerprint density at radius 2 is 2.15 bits per heavy atom. The fourth-order valence-corrected chi connectivity index (χ4v) is 1.09. The maximum Gasteiger partial charge on any atom is 0.0312 e. The lowest BCUT2D eigenvalue weighted by Gasteiger charge is -2.04. The van der Waals surface area contributed by atoms with E-state index in [0.29, 0.717) is 0 Å². The highest BCUT2D eigenvalue weighted by atomic mass is 14.9. The standard InChI is InChI=1S/C10H17N3/c1-2-11-6-7-13-9-10-4-3-5-12-8-10/h3-5,8,11,13H,2,6-7,9H2,1H3. The van der Waals surface area contributed by atoms with Gasteiger partial charge in [-0.1, -0.05) is 13.0 Å². The Bertz CT molecular complexity index is 211. The second-order valence-electron chi connectivity index (χ2n) is 2.89. The molecule has 1 heterocycles.